The SMILES string of the molecule is CN(CC1(O)CCOCC1)C(=O)/C=C/c1cnn(C)c1. The zero-order valence-electron chi connectivity index (χ0n) is 12.0. The fourth-order valence-electron chi connectivity index (χ4n) is 2.25. The Morgan fingerprint density at radius 2 is 2.30 bits per heavy atom. The van der Waals surface area contributed by atoms with E-state index in [2.05, 4.69) is 5.10 Å². The number of likely N-dealkylation sites (N-methyl/N-ethyl adjacent to an activating group) is 1. The van der Waals surface area contributed by atoms with Gasteiger partial charge in [-0.1, -0.05) is 0 Å². The molecule has 2 rings (SSSR count). The summed E-state index contributed by atoms with van der Waals surface area (Å²) in [7, 11) is 3.52. The third kappa shape index (κ3) is 3.91. The number of aryl methyl sites for hydroxylation is 1. The van der Waals surface area contributed by atoms with Gasteiger partial charge in [0.2, 0.25) is 5.91 Å². The van der Waals surface area contributed by atoms with E-state index in [1.54, 1.807) is 24.0 Å². The van der Waals surface area contributed by atoms with Crippen LogP contribution in [0.1, 0.15) is 18.4 Å². The molecule has 1 N–H and O–H groups in total. The molecule has 0 saturated carbocycles. The molecule has 6 heteroatoms. The van der Waals surface area contributed by atoms with Crippen LogP contribution in [0.4, 0.5) is 0 Å². The molecule has 6 nitrogen and oxygen atoms in total. The topological polar surface area (TPSA) is 67.6 Å². The van der Waals surface area contributed by atoms with E-state index >= 15 is 0 Å². The van der Waals surface area contributed by atoms with Gasteiger partial charge in [0, 0.05) is 64.5 Å². The standard InChI is InChI=1S/C14H21N3O3/c1-16(11-14(19)5-7-20-8-6-14)13(18)4-3-12-9-15-17(2)10-12/h3-4,9-10,19H,5-8,11H2,1-2H3/b4-3+. The summed E-state index contributed by atoms with van der Waals surface area (Å²) in [5.41, 5.74) is 0.0455. The van der Waals surface area contributed by atoms with Crippen LogP contribution in [0, 0.1) is 0 Å². The van der Waals surface area contributed by atoms with Gasteiger partial charge in [0.05, 0.1) is 11.8 Å². The second kappa shape index (κ2) is 6.19. The number of ether oxygens (including phenoxy) is 1. The molecule has 0 atom stereocenters. The van der Waals surface area contributed by atoms with Gasteiger partial charge in [-0.3, -0.25) is 9.48 Å². The molecule has 1 aliphatic rings. The molecule has 1 saturated heterocycles. The smallest absolute Gasteiger partial charge is 0.246 e. The number of carbonyl (C=O) groups excluding carboxylic acids is 1. The second-order valence-corrected chi connectivity index (χ2v) is 5.31. The number of nitrogens with zero attached hydrogens (tertiary/aromatic N) is 3. The average Bonchev–Trinajstić information content (AvgIpc) is 2.82. The molecule has 0 spiro atoms. The van der Waals surface area contributed by atoms with Crippen molar-refractivity contribution < 1.29 is 14.6 Å². The van der Waals surface area contributed by atoms with Gasteiger partial charge in [-0.25, -0.2) is 0 Å². The number of aliphatic hydroxyl groups is 1. The predicted octanol–water partition coefficient (Wildman–Crippen LogP) is 0.433. The number of rotatable bonds is 4. The molecule has 1 fully saturated rings. The summed E-state index contributed by atoms with van der Waals surface area (Å²) in [5, 5.41) is 14.4. The van der Waals surface area contributed by atoms with Crippen LogP contribution in [0.2, 0.25) is 0 Å². The Morgan fingerprint density at radius 3 is 2.90 bits per heavy atom. The van der Waals surface area contributed by atoms with Gasteiger partial charge in [-0.05, 0) is 6.08 Å². The highest BCUT2D eigenvalue weighted by atomic mass is 16.5. The second-order valence-electron chi connectivity index (χ2n) is 5.31. The van der Waals surface area contributed by atoms with Crippen molar-refractivity contribution in [2.75, 3.05) is 26.8 Å². The van der Waals surface area contributed by atoms with Crippen molar-refractivity contribution in [1.82, 2.24) is 14.7 Å². The minimum Gasteiger partial charge on any atom is -0.388 e. The third-order valence-electron chi connectivity index (χ3n) is 3.47. The van der Waals surface area contributed by atoms with Gasteiger partial charge >= 0.3 is 0 Å². The highest BCUT2D eigenvalue weighted by Gasteiger charge is 2.31. The van der Waals surface area contributed by atoms with Crippen molar-refractivity contribution >= 4 is 12.0 Å². The maximum atomic E-state index is 12.0. The van der Waals surface area contributed by atoms with Crippen LogP contribution < -0.4 is 0 Å². The molecular weight excluding hydrogens is 258 g/mol. The minimum atomic E-state index is -0.829. The Balaban J connectivity index is 1.90. The lowest BCUT2D eigenvalue weighted by Crippen LogP contribution is -2.47. The van der Waals surface area contributed by atoms with Crippen molar-refractivity contribution in [3.05, 3.63) is 24.0 Å². The van der Waals surface area contributed by atoms with Crippen molar-refractivity contribution in [3.63, 3.8) is 0 Å². The Bertz CT molecular complexity index is 490. The quantitative estimate of drug-likeness (QED) is 0.812. The normalized spacial score (nSPS) is 18.4. The molecule has 20 heavy (non-hydrogen) atoms. The molecule has 1 aromatic rings. The fourth-order valence-corrected chi connectivity index (χ4v) is 2.25. The molecular formula is C14H21N3O3. The Morgan fingerprint density at radius 1 is 1.60 bits per heavy atom. The van der Waals surface area contributed by atoms with E-state index in [9.17, 15) is 9.90 Å². The van der Waals surface area contributed by atoms with Crippen molar-refractivity contribution in [2.45, 2.75) is 18.4 Å². The van der Waals surface area contributed by atoms with Gasteiger partial charge in [-0.2, -0.15) is 5.10 Å². The molecule has 1 aromatic heterocycles. The fraction of sp³-hybridized carbons (Fsp3) is 0.571. The number of aromatic nitrogens is 2. The van der Waals surface area contributed by atoms with E-state index < -0.39 is 5.60 Å². The number of carbonyl (C=O) groups is 1. The van der Waals surface area contributed by atoms with Crippen LogP contribution in [0.3, 0.4) is 0 Å². The van der Waals surface area contributed by atoms with E-state index in [1.165, 1.54) is 11.0 Å². The minimum absolute atomic E-state index is 0.131. The lowest BCUT2D eigenvalue weighted by Gasteiger charge is -2.35. The zero-order chi connectivity index (χ0) is 14.6. The predicted molar refractivity (Wildman–Crippen MR) is 74.9 cm³/mol. The Hall–Kier alpha value is -1.66. The summed E-state index contributed by atoms with van der Waals surface area (Å²) in [6.07, 6.45) is 7.87. The van der Waals surface area contributed by atoms with E-state index in [-0.39, 0.29) is 5.91 Å². The van der Waals surface area contributed by atoms with Crippen LogP contribution >= 0.6 is 0 Å². The summed E-state index contributed by atoms with van der Waals surface area (Å²) in [6, 6.07) is 0. The summed E-state index contributed by atoms with van der Waals surface area (Å²) >= 11 is 0. The maximum Gasteiger partial charge on any atom is 0.246 e. The lowest BCUT2D eigenvalue weighted by atomic mass is 9.94. The van der Waals surface area contributed by atoms with Gasteiger partial charge in [0.25, 0.3) is 0 Å². The maximum absolute atomic E-state index is 12.0. The number of hydrogen-bond donors (Lipinski definition) is 1. The van der Waals surface area contributed by atoms with Gasteiger partial charge < -0.3 is 14.7 Å². The molecule has 1 amide bonds. The van der Waals surface area contributed by atoms with E-state index in [4.69, 9.17) is 4.74 Å². The molecule has 2 heterocycles. The van der Waals surface area contributed by atoms with E-state index in [0.29, 0.717) is 32.6 Å². The molecule has 0 radical (unpaired) electrons. The van der Waals surface area contributed by atoms with Crippen molar-refractivity contribution in [2.24, 2.45) is 7.05 Å². The first-order valence-electron chi connectivity index (χ1n) is 6.70. The third-order valence-corrected chi connectivity index (χ3v) is 3.47. The van der Waals surface area contributed by atoms with Crippen LogP contribution in [0.25, 0.3) is 6.08 Å². The summed E-state index contributed by atoms with van der Waals surface area (Å²) in [4.78, 5) is 13.5. The van der Waals surface area contributed by atoms with Gasteiger partial charge in [0.15, 0.2) is 0 Å². The lowest BCUT2D eigenvalue weighted by molar-refractivity contribution is -0.131. The summed E-state index contributed by atoms with van der Waals surface area (Å²) in [6.45, 7) is 1.42. The van der Waals surface area contributed by atoms with Crippen LogP contribution in [0.5, 0.6) is 0 Å². The van der Waals surface area contributed by atoms with Crippen LogP contribution in [0.15, 0.2) is 18.5 Å². The molecule has 1 aliphatic heterocycles. The molecule has 0 unspecified atom stereocenters. The highest BCUT2D eigenvalue weighted by molar-refractivity contribution is 5.91. The van der Waals surface area contributed by atoms with Crippen LogP contribution in [-0.2, 0) is 16.6 Å². The van der Waals surface area contributed by atoms with Gasteiger partial charge in [0.1, 0.15) is 0 Å². The highest BCUT2D eigenvalue weighted by Crippen LogP contribution is 2.21. The monoisotopic (exact) mass is 279 g/mol. The molecule has 110 valence electrons. The first-order chi connectivity index (χ1) is 9.48. The zero-order valence-corrected chi connectivity index (χ0v) is 12.0. The summed E-state index contributed by atoms with van der Waals surface area (Å²) < 4.78 is 6.91. The molecule has 0 aliphatic carbocycles. The summed E-state index contributed by atoms with van der Waals surface area (Å²) in [5.74, 6) is -0.131. The average molecular weight is 279 g/mol. The van der Waals surface area contributed by atoms with Gasteiger partial charge in [-0.15, -0.1) is 0 Å². The first-order valence-corrected chi connectivity index (χ1v) is 6.70. The Labute approximate surface area is 118 Å². The Kier molecular flexibility index (Phi) is 4.57. The first kappa shape index (κ1) is 14.7. The van der Waals surface area contributed by atoms with Crippen molar-refractivity contribution in [1.29, 1.82) is 0 Å². The van der Waals surface area contributed by atoms with E-state index in [1.807, 2.05) is 13.2 Å². The number of hydrogen-bond acceptors (Lipinski definition) is 4. The molecule has 0 bridgehead atoms. The number of amides is 1. The molecule has 0 aromatic carbocycles. The van der Waals surface area contributed by atoms with Crippen molar-refractivity contribution in [3.8, 4) is 0 Å². The van der Waals surface area contributed by atoms with E-state index in [0.717, 1.165) is 5.56 Å². The largest absolute Gasteiger partial charge is 0.388 e. The van der Waals surface area contributed by atoms with Crippen LogP contribution in [-0.4, -0.2) is 58.1 Å².